The fourth-order valence-electron chi connectivity index (χ4n) is 2.82. The Morgan fingerprint density at radius 1 is 1.24 bits per heavy atom. The van der Waals surface area contributed by atoms with Gasteiger partial charge in [-0.25, -0.2) is 4.79 Å². The van der Waals surface area contributed by atoms with Crippen LogP contribution in [-0.4, -0.2) is 55.2 Å². The molecular weight excluding hydrogens is 262 g/mol. The highest BCUT2D eigenvalue weighted by Gasteiger charge is 2.30. The van der Waals surface area contributed by atoms with E-state index in [-0.39, 0.29) is 6.03 Å². The van der Waals surface area contributed by atoms with Crippen molar-refractivity contribution in [3.63, 3.8) is 0 Å². The van der Waals surface area contributed by atoms with Crippen molar-refractivity contribution < 1.29 is 9.28 Å². The van der Waals surface area contributed by atoms with Gasteiger partial charge in [0.15, 0.2) is 0 Å². The van der Waals surface area contributed by atoms with Gasteiger partial charge in [0.1, 0.15) is 6.54 Å². The molecule has 0 atom stereocenters. The molecule has 1 aromatic rings. The molecule has 4 heteroatoms. The summed E-state index contributed by atoms with van der Waals surface area (Å²) in [5, 5.41) is 3.01. The largest absolute Gasteiger partial charge is 0.338 e. The second kappa shape index (κ2) is 7.46. The van der Waals surface area contributed by atoms with E-state index in [0.29, 0.717) is 0 Å². The number of benzene rings is 1. The van der Waals surface area contributed by atoms with E-state index in [4.69, 9.17) is 0 Å². The van der Waals surface area contributed by atoms with Crippen LogP contribution in [0.2, 0.25) is 0 Å². The van der Waals surface area contributed by atoms with Gasteiger partial charge in [-0.3, -0.25) is 0 Å². The molecule has 1 aliphatic heterocycles. The van der Waals surface area contributed by atoms with E-state index in [1.165, 1.54) is 5.56 Å². The van der Waals surface area contributed by atoms with Crippen LogP contribution in [0.3, 0.4) is 0 Å². The molecule has 1 saturated heterocycles. The summed E-state index contributed by atoms with van der Waals surface area (Å²) in [5.74, 6) is 0. The standard InChI is InChI=1S/C17H27N3O/c1-3-4-10-18-17(21)19-11-13-20(2,14-12-19)15-16-8-6-5-7-9-16/h5-9H,3-4,10-15H2,1-2H3/p+1. The van der Waals surface area contributed by atoms with E-state index in [9.17, 15) is 4.79 Å². The summed E-state index contributed by atoms with van der Waals surface area (Å²) in [6, 6.07) is 10.7. The van der Waals surface area contributed by atoms with Crippen LogP contribution in [0.4, 0.5) is 4.79 Å². The van der Waals surface area contributed by atoms with Crippen LogP contribution in [0.15, 0.2) is 30.3 Å². The molecule has 1 N–H and O–H groups in total. The Kier molecular flexibility index (Phi) is 5.62. The first kappa shape index (κ1) is 15.8. The summed E-state index contributed by atoms with van der Waals surface area (Å²) in [6.07, 6.45) is 2.17. The van der Waals surface area contributed by atoms with Gasteiger partial charge < -0.3 is 14.7 Å². The topological polar surface area (TPSA) is 32.3 Å². The van der Waals surface area contributed by atoms with Crippen LogP contribution in [0.1, 0.15) is 25.3 Å². The maximum Gasteiger partial charge on any atom is 0.317 e. The highest BCUT2D eigenvalue weighted by Crippen LogP contribution is 2.15. The van der Waals surface area contributed by atoms with Gasteiger partial charge in [0.25, 0.3) is 0 Å². The molecule has 21 heavy (non-hydrogen) atoms. The molecule has 2 rings (SSSR count). The van der Waals surface area contributed by atoms with Gasteiger partial charge in [-0.05, 0) is 6.42 Å². The lowest BCUT2D eigenvalue weighted by Crippen LogP contribution is -2.59. The number of unbranched alkanes of at least 4 members (excludes halogenated alkanes) is 1. The number of hydrogen-bond acceptors (Lipinski definition) is 1. The third kappa shape index (κ3) is 4.74. The van der Waals surface area contributed by atoms with Crippen molar-refractivity contribution in [1.82, 2.24) is 10.2 Å². The predicted octanol–water partition coefficient (Wildman–Crippen LogP) is 2.46. The molecule has 0 unspecified atom stereocenters. The zero-order chi connectivity index (χ0) is 15.1. The monoisotopic (exact) mass is 290 g/mol. The number of carbonyl (C=O) groups is 1. The number of rotatable bonds is 5. The molecule has 1 aromatic carbocycles. The number of nitrogens with one attached hydrogen (secondary N) is 1. The van der Waals surface area contributed by atoms with Crippen molar-refractivity contribution in [2.45, 2.75) is 26.3 Å². The van der Waals surface area contributed by atoms with Crippen molar-refractivity contribution >= 4 is 6.03 Å². The lowest BCUT2D eigenvalue weighted by atomic mass is 10.1. The molecular formula is C17H28N3O+. The average molecular weight is 290 g/mol. The van der Waals surface area contributed by atoms with Crippen molar-refractivity contribution in [3.8, 4) is 0 Å². The number of urea groups is 1. The number of amides is 2. The summed E-state index contributed by atoms with van der Waals surface area (Å²) in [7, 11) is 2.29. The maximum atomic E-state index is 12.1. The molecule has 0 aromatic heterocycles. The highest BCUT2D eigenvalue weighted by molar-refractivity contribution is 5.74. The maximum absolute atomic E-state index is 12.1. The van der Waals surface area contributed by atoms with Gasteiger partial charge >= 0.3 is 6.03 Å². The minimum atomic E-state index is 0.106. The third-order valence-electron chi connectivity index (χ3n) is 4.32. The van der Waals surface area contributed by atoms with Crippen LogP contribution in [0, 0.1) is 0 Å². The summed E-state index contributed by atoms with van der Waals surface area (Å²) in [5.41, 5.74) is 1.38. The van der Waals surface area contributed by atoms with E-state index >= 15 is 0 Å². The number of piperazine rings is 1. The van der Waals surface area contributed by atoms with Gasteiger partial charge in [0, 0.05) is 12.1 Å². The van der Waals surface area contributed by atoms with E-state index in [0.717, 1.165) is 56.6 Å². The average Bonchev–Trinajstić information content (AvgIpc) is 2.49. The Morgan fingerprint density at radius 2 is 1.90 bits per heavy atom. The summed E-state index contributed by atoms with van der Waals surface area (Å²) >= 11 is 0. The predicted molar refractivity (Wildman–Crippen MR) is 85.9 cm³/mol. The van der Waals surface area contributed by atoms with Gasteiger partial charge in [0.05, 0.1) is 33.2 Å². The number of nitrogens with zero attached hydrogens (tertiary/aromatic N) is 2. The summed E-state index contributed by atoms with van der Waals surface area (Å²) < 4.78 is 1.02. The number of likely N-dealkylation sites (N-methyl/N-ethyl adjacent to an activating group) is 1. The Morgan fingerprint density at radius 3 is 2.52 bits per heavy atom. The Labute approximate surface area is 128 Å². The molecule has 0 spiro atoms. The van der Waals surface area contributed by atoms with Gasteiger partial charge in [0.2, 0.25) is 0 Å². The van der Waals surface area contributed by atoms with Crippen LogP contribution in [-0.2, 0) is 6.54 Å². The molecule has 0 saturated carbocycles. The van der Waals surface area contributed by atoms with Crippen molar-refractivity contribution in [2.75, 3.05) is 39.8 Å². The highest BCUT2D eigenvalue weighted by atomic mass is 16.2. The normalized spacial score (nSPS) is 17.5. The second-order valence-corrected chi connectivity index (χ2v) is 6.28. The lowest BCUT2D eigenvalue weighted by molar-refractivity contribution is -0.926. The number of quaternary nitrogens is 1. The molecule has 0 bridgehead atoms. The zero-order valence-electron chi connectivity index (χ0n) is 13.3. The number of carbonyl (C=O) groups excluding carboxylic acids is 1. The van der Waals surface area contributed by atoms with Crippen LogP contribution in [0.5, 0.6) is 0 Å². The zero-order valence-corrected chi connectivity index (χ0v) is 13.3. The third-order valence-corrected chi connectivity index (χ3v) is 4.32. The minimum Gasteiger partial charge on any atom is -0.338 e. The van der Waals surface area contributed by atoms with E-state index in [1.54, 1.807) is 0 Å². The quantitative estimate of drug-likeness (QED) is 0.656. The molecule has 1 aliphatic rings. The van der Waals surface area contributed by atoms with Crippen LogP contribution in [0.25, 0.3) is 0 Å². The summed E-state index contributed by atoms with van der Waals surface area (Å²) in [4.78, 5) is 14.0. The Balaban J connectivity index is 1.80. The number of hydrogen-bond donors (Lipinski definition) is 1. The fourth-order valence-corrected chi connectivity index (χ4v) is 2.82. The first-order chi connectivity index (χ1) is 10.1. The molecule has 1 fully saturated rings. The Bertz CT molecular complexity index is 439. The lowest BCUT2D eigenvalue weighted by Gasteiger charge is -2.42. The minimum absolute atomic E-state index is 0.106. The molecule has 2 amide bonds. The van der Waals surface area contributed by atoms with Gasteiger partial charge in [-0.1, -0.05) is 43.7 Å². The van der Waals surface area contributed by atoms with Crippen molar-refractivity contribution in [3.05, 3.63) is 35.9 Å². The molecule has 0 radical (unpaired) electrons. The smallest absolute Gasteiger partial charge is 0.317 e. The molecule has 4 nitrogen and oxygen atoms in total. The molecule has 1 heterocycles. The first-order valence-electron chi connectivity index (χ1n) is 8.03. The fraction of sp³-hybridized carbons (Fsp3) is 0.588. The molecule has 116 valence electrons. The second-order valence-electron chi connectivity index (χ2n) is 6.28. The van der Waals surface area contributed by atoms with E-state index < -0.39 is 0 Å². The SMILES string of the molecule is CCCCNC(=O)N1CC[N+](C)(Cc2ccccc2)CC1. The summed E-state index contributed by atoms with van der Waals surface area (Å²) in [6.45, 7) is 7.72. The van der Waals surface area contributed by atoms with E-state index in [1.807, 2.05) is 4.90 Å². The van der Waals surface area contributed by atoms with Crippen molar-refractivity contribution in [2.24, 2.45) is 0 Å². The van der Waals surface area contributed by atoms with Crippen LogP contribution < -0.4 is 5.32 Å². The Hall–Kier alpha value is -1.55. The van der Waals surface area contributed by atoms with Crippen molar-refractivity contribution in [1.29, 1.82) is 0 Å². The van der Waals surface area contributed by atoms with Gasteiger partial charge in [-0.2, -0.15) is 0 Å². The molecule has 0 aliphatic carbocycles. The van der Waals surface area contributed by atoms with Gasteiger partial charge in [-0.15, -0.1) is 0 Å². The van der Waals surface area contributed by atoms with E-state index in [2.05, 4.69) is 49.6 Å². The first-order valence-corrected chi connectivity index (χ1v) is 8.03. The van der Waals surface area contributed by atoms with Crippen LogP contribution >= 0.6 is 0 Å².